The summed E-state index contributed by atoms with van der Waals surface area (Å²) in [4.78, 5) is 32.7. The molecule has 0 saturated carbocycles. The van der Waals surface area contributed by atoms with Crippen molar-refractivity contribution in [2.24, 2.45) is 11.8 Å². The molecule has 8 heteroatoms. The number of carbonyl (C=O) groups is 2. The number of rotatable bonds is 8. The van der Waals surface area contributed by atoms with Gasteiger partial charge in [0.1, 0.15) is 11.5 Å². The smallest absolute Gasteiger partial charge is 0.266 e. The molecule has 3 aliphatic heterocycles. The third-order valence-electron chi connectivity index (χ3n) is 11.3. The molecule has 2 amide bonds. The van der Waals surface area contributed by atoms with Crippen LogP contribution in [0.4, 0.5) is 17.1 Å². The number of ether oxygens (including phenoxy) is 3. The molecular formula is C44H42N2O6. The molecule has 52 heavy (non-hydrogen) atoms. The number of benzene rings is 5. The highest BCUT2D eigenvalue weighted by Crippen LogP contribution is 2.60. The first-order valence-electron chi connectivity index (χ1n) is 17.8. The van der Waals surface area contributed by atoms with Gasteiger partial charge in [-0.1, -0.05) is 87.5 Å². The Morgan fingerprint density at radius 1 is 0.827 bits per heavy atom. The van der Waals surface area contributed by atoms with E-state index in [1.807, 2.05) is 102 Å². The van der Waals surface area contributed by atoms with Gasteiger partial charge >= 0.3 is 0 Å². The number of carbonyl (C=O) groups excluding carboxylic acids is 2. The number of nitrogens with zero attached hydrogens (tertiary/aromatic N) is 2. The number of hydrogen-bond acceptors (Lipinski definition) is 6. The second kappa shape index (κ2) is 13.0. The zero-order valence-corrected chi connectivity index (χ0v) is 29.8. The number of methoxy groups -OCH3 is 1. The summed E-state index contributed by atoms with van der Waals surface area (Å²) < 4.78 is 18.7. The molecule has 8 rings (SSSR count). The molecule has 0 aromatic heterocycles. The molecular weight excluding hydrogens is 652 g/mol. The molecule has 3 heterocycles. The highest BCUT2D eigenvalue weighted by molar-refractivity contribution is 6.14. The van der Waals surface area contributed by atoms with Crippen LogP contribution in [0.25, 0.3) is 0 Å². The maximum absolute atomic E-state index is 15.1. The van der Waals surface area contributed by atoms with Gasteiger partial charge in [-0.25, -0.2) is 0 Å². The first kappa shape index (κ1) is 33.7. The number of anilines is 3. The maximum atomic E-state index is 15.1. The Balaban J connectivity index is 1.16. The van der Waals surface area contributed by atoms with Crippen molar-refractivity contribution in [1.29, 1.82) is 0 Å². The van der Waals surface area contributed by atoms with Crippen molar-refractivity contribution in [3.63, 3.8) is 0 Å². The van der Waals surface area contributed by atoms with Crippen LogP contribution in [0.5, 0.6) is 17.2 Å². The van der Waals surface area contributed by atoms with Crippen LogP contribution in [-0.2, 0) is 27.1 Å². The van der Waals surface area contributed by atoms with E-state index in [1.54, 1.807) is 24.1 Å². The Labute approximate surface area is 304 Å². The number of hydrogen-bond donors (Lipinski definition) is 1. The van der Waals surface area contributed by atoms with Gasteiger partial charge in [0.05, 0.1) is 36.7 Å². The summed E-state index contributed by atoms with van der Waals surface area (Å²) in [5, 5.41) is 10.2. The number of para-hydroxylation sites is 4. The monoisotopic (exact) mass is 694 g/mol. The lowest BCUT2D eigenvalue weighted by atomic mass is 9.63. The predicted octanol–water partition coefficient (Wildman–Crippen LogP) is 8.53. The van der Waals surface area contributed by atoms with Crippen molar-refractivity contribution in [2.75, 3.05) is 23.5 Å². The van der Waals surface area contributed by atoms with Gasteiger partial charge in [0.25, 0.3) is 11.8 Å². The van der Waals surface area contributed by atoms with Gasteiger partial charge in [0, 0.05) is 29.7 Å². The van der Waals surface area contributed by atoms with E-state index in [1.165, 1.54) is 0 Å². The molecule has 264 valence electrons. The fraction of sp³-hybridized carbons (Fsp3) is 0.273. The Kier molecular flexibility index (Phi) is 8.39. The van der Waals surface area contributed by atoms with E-state index in [0.29, 0.717) is 34.9 Å². The lowest BCUT2D eigenvalue weighted by Gasteiger charge is -2.38. The maximum Gasteiger partial charge on any atom is 0.266 e. The molecule has 1 saturated heterocycles. The summed E-state index contributed by atoms with van der Waals surface area (Å²) in [6.45, 7) is 6.73. The summed E-state index contributed by atoms with van der Waals surface area (Å²) >= 11 is 0. The molecule has 5 aromatic carbocycles. The van der Waals surface area contributed by atoms with E-state index in [2.05, 4.69) is 32.9 Å². The summed E-state index contributed by atoms with van der Waals surface area (Å²) in [5.74, 6) is 1.22. The summed E-state index contributed by atoms with van der Waals surface area (Å²) in [6, 6.07) is 38.5. The van der Waals surface area contributed by atoms with Crippen molar-refractivity contribution in [2.45, 2.75) is 50.9 Å². The quantitative estimate of drug-likeness (QED) is 0.175. The Bertz CT molecular complexity index is 2160. The third-order valence-corrected chi connectivity index (χ3v) is 11.3. The van der Waals surface area contributed by atoms with Gasteiger partial charge in [-0.2, -0.15) is 0 Å². The van der Waals surface area contributed by atoms with Crippen LogP contribution in [0.3, 0.4) is 0 Å². The standard InChI is InChI=1S/C44H42N2O6/c1-28-40(43(2,3)30-20-22-32(50-4)23-21-30)39(24-25-47)52-44(28)34-15-6-7-16-35(34)45(42(44)49)27-29-12-11-13-31(26-29)46-36-17-8-10-19-38(36)51-37-18-9-5-14-33(37)41(46)48/h5-23,26,28,39-40,47H,24-25,27H2,1-4H3/t28-,39+,40-,44+/m0/s1. The van der Waals surface area contributed by atoms with Gasteiger partial charge < -0.3 is 24.2 Å². The van der Waals surface area contributed by atoms with E-state index in [4.69, 9.17) is 14.2 Å². The van der Waals surface area contributed by atoms with Gasteiger partial charge in [-0.15, -0.1) is 0 Å². The lowest BCUT2D eigenvalue weighted by Crippen LogP contribution is -2.45. The Morgan fingerprint density at radius 3 is 2.27 bits per heavy atom. The SMILES string of the molecule is COc1ccc(C(C)(C)[C@@H]2[C@@H](CCO)O[C@]3(C(=O)N(Cc4cccc(N5C(=O)c6ccccc6Oc6ccccc65)c4)c4ccccc43)[C@H]2C)cc1. The van der Waals surface area contributed by atoms with Crippen LogP contribution in [0.15, 0.2) is 121 Å². The average Bonchev–Trinajstić information content (AvgIpc) is 3.53. The highest BCUT2D eigenvalue weighted by Gasteiger charge is 2.65. The zero-order valence-electron chi connectivity index (χ0n) is 29.8. The summed E-state index contributed by atoms with van der Waals surface area (Å²) in [6.07, 6.45) is 0.0445. The number of aliphatic hydroxyl groups excluding tert-OH is 1. The van der Waals surface area contributed by atoms with Crippen LogP contribution in [0.1, 0.15) is 54.2 Å². The molecule has 1 fully saturated rings. The van der Waals surface area contributed by atoms with E-state index in [9.17, 15) is 9.90 Å². The van der Waals surface area contributed by atoms with E-state index in [0.717, 1.165) is 28.1 Å². The minimum Gasteiger partial charge on any atom is -0.497 e. The van der Waals surface area contributed by atoms with Gasteiger partial charge in [0.2, 0.25) is 0 Å². The van der Waals surface area contributed by atoms with Crippen molar-refractivity contribution in [3.8, 4) is 17.2 Å². The molecule has 0 bridgehead atoms. The Hall–Kier alpha value is -5.44. The second-order valence-electron chi connectivity index (χ2n) is 14.5. The molecule has 0 unspecified atom stereocenters. The Morgan fingerprint density at radius 2 is 1.52 bits per heavy atom. The first-order chi connectivity index (χ1) is 25.2. The van der Waals surface area contributed by atoms with Crippen LogP contribution in [0.2, 0.25) is 0 Å². The predicted molar refractivity (Wildman–Crippen MR) is 200 cm³/mol. The normalized spacial score (nSPS) is 22.1. The first-order valence-corrected chi connectivity index (χ1v) is 17.8. The average molecular weight is 695 g/mol. The van der Waals surface area contributed by atoms with Crippen molar-refractivity contribution >= 4 is 28.9 Å². The topological polar surface area (TPSA) is 88.5 Å². The fourth-order valence-corrected chi connectivity index (χ4v) is 8.86. The van der Waals surface area contributed by atoms with Gasteiger partial charge in [0.15, 0.2) is 11.4 Å². The van der Waals surface area contributed by atoms with E-state index >= 15 is 4.79 Å². The van der Waals surface area contributed by atoms with Gasteiger partial charge in [-0.3, -0.25) is 14.5 Å². The molecule has 8 nitrogen and oxygen atoms in total. The molecule has 1 N–H and O–H groups in total. The van der Waals surface area contributed by atoms with E-state index in [-0.39, 0.29) is 42.9 Å². The number of amides is 2. The van der Waals surface area contributed by atoms with Crippen LogP contribution < -0.4 is 19.3 Å². The lowest BCUT2D eigenvalue weighted by molar-refractivity contribution is -0.146. The zero-order chi connectivity index (χ0) is 36.2. The molecule has 1 spiro atoms. The third kappa shape index (κ3) is 5.20. The minimum atomic E-state index is -1.23. The number of aliphatic hydroxyl groups is 1. The van der Waals surface area contributed by atoms with Crippen LogP contribution in [-0.4, -0.2) is 36.7 Å². The van der Waals surface area contributed by atoms with Crippen LogP contribution in [0, 0.1) is 11.8 Å². The number of fused-ring (bicyclic) bond motifs is 4. The molecule has 4 atom stereocenters. The van der Waals surface area contributed by atoms with E-state index < -0.39 is 11.0 Å². The van der Waals surface area contributed by atoms with Crippen molar-refractivity contribution in [1.82, 2.24) is 0 Å². The highest BCUT2D eigenvalue weighted by atomic mass is 16.5. The molecule has 0 radical (unpaired) electrons. The molecule has 0 aliphatic carbocycles. The fourth-order valence-electron chi connectivity index (χ4n) is 8.86. The minimum absolute atomic E-state index is 0.0527. The summed E-state index contributed by atoms with van der Waals surface area (Å²) in [7, 11) is 1.65. The second-order valence-corrected chi connectivity index (χ2v) is 14.5. The summed E-state index contributed by atoms with van der Waals surface area (Å²) in [5.41, 5.74) is 3.74. The molecule has 5 aromatic rings. The van der Waals surface area contributed by atoms with Crippen LogP contribution >= 0.6 is 0 Å². The van der Waals surface area contributed by atoms with Crippen molar-refractivity contribution in [3.05, 3.63) is 144 Å². The largest absolute Gasteiger partial charge is 0.497 e. The van der Waals surface area contributed by atoms with Crippen molar-refractivity contribution < 1.29 is 28.9 Å². The molecule has 3 aliphatic rings. The van der Waals surface area contributed by atoms with Gasteiger partial charge in [-0.05, 0) is 77.6 Å².